The summed E-state index contributed by atoms with van der Waals surface area (Å²) in [5.74, 6) is -0.0222. The first-order valence-electron chi connectivity index (χ1n) is 13.6. The second kappa shape index (κ2) is 13.0. The number of thiazole rings is 1. The fraction of sp³-hybridized carbons (Fsp3) is 0.536. The van der Waals surface area contributed by atoms with E-state index in [9.17, 15) is 14.4 Å². The summed E-state index contributed by atoms with van der Waals surface area (Å²) >= 11 is 1.56. The molecule has 4 rings (SSSR count). The third-order valence-electron chi connectivity index (χ3n) is 7.25. The molecule has 0 spiro atoms. The Morgan fingerprint density at radius 3 is 2.61 bits per heavy atom. The van der Waals surface area contributed by atoms with E-state index in [0.717, 1.165) is 40.9 Å². The lowest BCUT2D eigenvalue weighted by molar-refractivity contribution is -0.129. The van der Waals surface area contributed by atoms with Gasteiger partial charge < -0.3 is 20.9 Å². The Kier molecular flexibility index (Phi) is 9.49. The van der Waals surface area contributed by atoms with Crippen molar-refractivity contribution < 1.29 is 14.4 Å². The van der Waals surface area contributed by atoms with Gasteiger partial charge in [0.15, 0.2) is 0 Å². The maximum absolute atomic E-state index is 13.6. The van der Waals surface area contributed by atoms with Crippen LogP contribution in [0, 0.1) is 5.92 Å². The quantitative estimate of drug-likeness (QED) is 0.292. The zero-order chi connectivity index (χ0) is 27.1. The van der Waals surface area contributed by atoms with E-state index in [4.69, 9.17) is 4.98 Å². The number of fused-ring (bicyclic) bond motifs is 1. The van der Waals surface area contributed by atoms with Gasteiger partial charge in [0.25, 0.3) is 5.91 Å². The number of nitrogens with zero attached hydrogens (tertiary/aromatic N) is 2. The maximum atomic E-state index is 13.6. The molecule has 0 saturated heterocycles. The van der Waals surface area contributed by atoms with E-state index in [1.54, 1.807) is 18.3 Å². The van der Waals surface area contributed by atoms with Crippen LogP contribution in [0.3, 0.4) is 0 Å². The minimum absolute atomic E-state index is 0.185. The van der Waals surface area contributed by atoms with Crippen molar-refractivity contribution in [2.75, 3.05) is 6.54 Å². The Hall–Kier alpha value is -3.27. The van der Waals surface area contributed by atoms with Gasteiger partial charge in [-0.3, -0.25) is 14.4 Å². The van der Waals surface area contributed by atoms with Crippen LogP contribution in [0.2, 0.25) is 0 Å². The molecule has 1 aliphatic carbocycles. The molecule has 9 nitrogen and oxygen atoms in total. The molecule has 204 valence electrons. The Bertz CT molecular complexity index is 1230. The lowest BCUT2D eigenvalue weighted by Gasteiger charge is -2.32. The van der Waals surface area contributed by atoms with E-state index >= 15 is 0 Å². The second-order valence-electron chi connectivity index (χ2n) is 10.4. The van der Waals surface area contributed by atoms with Crippen LogP contribution in [0.4, 0.5) is 0 Å². The lowest BCUT2D eigenvalue weighted by atomic mass is 9.83. The fourth-order valence-electron chi connectivity index (χ4n) is 4.95. The molecule has 2 atom stereocenters. The van der Waals surface area contributed by atoms with Gasteiger partial charge in [0, 0.05) is 25.4 Å². The lowest BCUT2D eigenvalue weighted by Crippen LogP contribution is -2.55. The van der Waals surface area contributed by atoms with Crippen molar-refractivity contribution in [3.05, 3.63) is 47.0 Å². The molecule has 0 unspecified atom stereocenters. The zero-order valence-electron chi connectivity index (χ0n) is 22.4. The molecule has 2 aromatic heterocycles. The molecule has 2 heterocycles. The van der Waals surface area contributed by atoms with E-state index in [2.05, 4.69) is 51.9 Å². The number of H-pyrrole nitrogens is 1. The van der Waals surface area contributed by atoms with Gasteiger partial charge in [-0.1, -0.05) is 46.1 Å². The summed E-state index contributed by atoms with van der Waals surface area (Å²) in [5.41, 5.74) is 2.52. The number of nitrogens with one attached hydrogen (secondary N) is 4. The highest BCUT2D eigenvalue weighted by Gasteiger charge is 2.30. The number of aromatic nitrogens is 3. The smallest absolute Gasteiger partial charge is 0.269 e. The predicted octanol–water partition coefficient (Wildman–Crippen LogP) is 4.08. The van der Waals surface area contributed by atoms with E-state index in [0.29, 0.717) is 24.6 Å². The van der Waals surface area contributed by atoms with Gasteiger partial charge in [-0.15, -0.1) is 11.3 Å². The van der Waals surface area contributed by atoms with Crippen molar-refractivity contribution in [1.29, 1.82) is 0 Å². The summed E-state index contributed by atoms with van der Waals surface area (Å²) in [4.78, 5) is 50.0. The van der Waals surface area contributed by atoms with Crippen LogP contribution >= 0.6 is 11.3 Å². The first-order valence-corrected chi connectivity index (χ1v) is 14.4. The predicted molar refractivity (Wildman–Crippen MR) is 149 cm³/mol. The minimum Gasteiger partial charge on any atom is -0.350 e. The number of benzene rings is 1. The van der Waals surface area contributed by atoms with Crippen molar-refractivity contribution in [2.45, 2.75) is 83.7 Å². The van der Waals surface area contributed by atoms with Crippen LogP contribution < -0.4 is 16.0 Å². The Morgan fingerprint density at radius 1 is 1.13 bits per heavy atom. The van der Waals surface area contributed by atoms with Gasteiger partial charge in [0.2, 0.25) is 11.8 Å². The minimum atomic E-state index is -0.748. The normalized spacial score (nSPS) is 15.8. The molecule has 1 aromatic carbocycles. The number of rotatable bonds is 11. The first kappa shape index (κ1) is 27.8. The van der Waals surface area contributed by atoms with Crippen LogP contribution in [-0.2, 0) is 16.0 Å². The van der Waals surface area contributed by atoms with Gasteiger partial charge in [-0.25, -0.2) is 9.97 Å². The average Bonchev–Trinajstić information content (AvgIpc) is 3.60. The van der Waals surface area contributed by atoms with Crippen LogP contribution in [0.1, 0.15) is 86.3 Å². The summed E-state index contributed by atoms with van der Waals surface area (Å²) in [6.07, 6.45) is 8.91. The van der Waals surface area contributed by atoms with Crippen LogP contribution in [0.5, 0.6) is 0 Å². The van der Waals surface area contributed by atoms with Crippen molar-refractivity contribution in [2.24, 2.45) is 5.92 Å². The van der Waals surface area contributed by atoms with Crippen molar-refractivity contribution >= 4 is 39.3 Å². The SMILES string of the molecule is CCC(=O)N[C@@H](Cc1nc2ccc(C(C)C)cc2s1)C(=O)N[C@H](CNC(=O)c1cnc[nH]1)C1CCCCC1. The number of aromatic amines is 1. The molecule has 0 bridgehead atoms. The van der Waals surface area contributed by atoms with Gasteiger partial charge >= 0.3 is 0 Å². The monoisotopic (exact) mass is 538 g/mol. The van der Waals surface area contributed by atoms with E-state index < -0.39 is 6.04 Å². The second-order valence-corrected chi connectivity index (χ2v) is 11.5. The Labute approximate surface area is 227 Å². The molecule has 3 amide bonds. The molecule has 38 heavy (non-hydrogen) atoms. The molecule has 4 N–H and O–H groups in total. The number of carbonyl (C=O) groups excluding carboxylic acids is 3. The van der Waals surface area contributed by atoms with Crippen molar-refractivity contribution in [1.82, 2.24) is 30.9 Å². The molecule has 10 heteroatoms. The molecular weight excluding hydrogens is 500 g/mol. The number of imidazole rings is 1. The fourth-order valence-corrected chi connectivity index (χ4v) is 6.01. The summed E-state index contributed by atoms with van der Waals surface area (Å²) in [5, 5.41) is 9.82. The highest BCUT2D eigenvalue weighted by molar-refractivity contribution is 7.18. The summed E-state index contributed by atoms with van der Waals surface area (Å²) in [7, 11) is 0. The zero-order valence-corrected chi connectivity index (χ0v) is 23.2. The highest BCUT2D eigenvalue weighted by atomic mass is 32.1. The standard InChI is InChI=1S/C28H38N6O3S/c1-4-25(35)32-21(13-26-33-20-11-10-19(17(2)3)12-24(20)38-26)28(37)34-22(18-8-6-5-7-9-18)15-30-27(36)23-14-29-16-31-23/h10-12,14,16-18,21-22H,4-9,13,15H2,1-3H3,(H,29,31)(H,30,36)(H,32,35)(H,34,37)/t21-,22+/m0/s1. The molecule has 1 aliphatic rings. The molecule has 0 radical (unpaired) electrons. The third kappa shape index (κ3) is 7.18. The third-order valence-corrected chi connectivity index (χ3v) is 8.29. The Balaban J connectivity index is 1.49. The van der Waals surface area contributed by atoms with E-state index in [1.807, 2.05) is 6.07 Å². The maximum Gasteiger partial charge on any atom is 0.269 e. The highest BCUT2D eigenvalue weighted by Crippen LogP contribution is 2.28. The topological polar surface area (TPSA) is 129 Å². The van der Waals surface area contributed by atoms with Gasteiger partial charge in [0.05, 0.1) is 27.7 Å². The summed E-state index contributed by atoms with van der Waals surface area (Å²) in [6.45, 7) is 6.39. The van der Waals surface area contributed by atoms with E-state index in [1.165, 1.54) is 24.5 Å². The van der Waals surface area contributed by atoms with Gasteiger partial charge in [-0.2, -0.15) is 0 Å². The first-order chi connectivity index (χ1) is 18.3. The van der Waals surface area contributed by atoms with Crippen LogP contribution in [-0.4, -0.2) is 51.3 Å². The number of hydrogen-bond donors (Lipinski definition) is 4. The number of carbonyl (C=O) groups is 3. The largest absolute Gasteiger partial charge is 0.350 e. The van der Waals surface area contributed by atoms with Crippen molar-refractivity contribution in [3.63, 3.8) is 0 Å². The molecule has 0 aliphatic heterocycles. The Morgan fingerprint density at radius 2 is 1.92 bits per heavy atom. The molecule has 1 saturated carbocycles. The number of hydrogen-bond acceptors (Lipinski definition) is 6. The summed E-state index contributed by atoms with van der Waals surface area (Å²) in [6, 6.07) is 5.28. The van der Waals surface area contributed by atoms with Crippen molar-refractivity contribution in [3.8, 4) is 0 Å². The summed E-state index contributed by atoms with van der Waals surface area (Å²) < 4.78 is 1.08. The van der Waals surface area contributed by atoms with Gasteiger partial charge in [-0.05, 0) is 42.4 Å². The van der Waals surface area contributed by atoms with Gasteiger partial charge in [0.1, 0.15) is 11.7 Å². The molecule has 3 aromatic rings. The van der Waals surface area contributed by atoms with E-state index in [-0.39, 0.29) is 36.1 Å². The van der Waals surface area contributed by atoms with Crippen LogP contribution in [0.15, 0.2) is 30.7 Å². The number of amides is 3. The van der Waals surface area contributed by atoms with Crippen LogP contribution in [0.25, 0.3) is 10.2 Å². The molecular formula is C28H38N6O3S. The average molecular weight is 539 g/mol. The molecule has 1 fully saturated rings.